The zero-order valence-electron chi connectivity index (χ0n) is 17.6. The third-order valence-electron chi connectivity index (χ3n) is 5.11. The van der Waals surface area contributed by atoms with Crippen LogP contribution in [0.25, 0.3) is 28.0 Å². The van der Waals surface area contributed by atoms with E-state index >= 15 is 0 Å². The number of nitrogens with zero attached hydrogens (tertiary/aromatic N) is 3. The molecule has 31 heavy (non-hydrogen) atoms. The first kappa shape index (κ1) is 20.7. The Labute approximate surface area is 179 Å². The van der Waals surface area contributed by atoms with Gasteiger partial charge in [-0.25, -0.2) is 9.37 Å². The second-order valence-corrected chi connectivity index (χ2v) is 7.62. The lowest BCUT2D eigenvalue weighted by atomic mass is 10.0. The predicted octanol–water partition coefficient (Wildman–Crippen LogP) is 4.00. The molecule has 0 aliphatic heterocycles. The van der Waals surface area contributed by atoms with Crippen molar-refractivity contribution in [1.29, 1.82) is 0 Å². The Morgan fingerprint density at radius 2 is 1.84 bits per heavy atom. The summed E-state index contributed by atoms with van der Waals surface area (Å²) >= 11 is 0. The fraction of sp³-hybridized carbons (Fsp3) is 0.208. The maximum absolute atomic E-state index is 13.7. The highest BCUT2D eigenvalue weighted by Crippen LogP contribution is 2.30. The van der Waals surface area contributed by atoms with E-state index in [1.165, 1.54) is 18.2 Å². The van der Waals surface area contributed by atoms with E-state index in [0.717, 1.165) is 22.4 Å². The summed E-state index contributed by atoms with van der Waals surface area (Å²) in [6.07, 6.45) is -0.607. The van der Waals surface area contributed by atoms with Crippen LogP contribution < -0.4 is 10.9 Å². The van der Waals surface area contributed by atoms with Gasteiger partial charge in [0.25, 0.3) is 5.56 Å². The van der Waals surface area contributed by atoms with Crippen LogP contribution in [0.2, 0.25) is 0 Å². The molecule has 0 bridgehead atoms. The molecule has 0 fully saturated rings. The van der Waals surface area contributed by atoms with Gasteiger partial charge in [0.05, 0.1) is 17.5 Å². The maximum Gasteiger partial charge on any atom is 0.256 e. The van der Waals surface area contributed by atoms with Crippen LogP contribution in [0.1, 0.15) is 18.1 Å². The molecule has 0 aliphatic rings. The molecule has 1 unspecified atom stereocenters. The summed E-state index contributed by atoms with van der Waals surface area (Å²) in [5, 5.41) is 13.4. The molecule has 4 aromatic rings. The monoisotopic (exact) mass is 418 g/mol. The standard InChI is InChI=1S/C24H23FN4O2/c1-14-6-4-5-7-20(14)29-21(31)11-10-19-22(18-9-8-17(25)12-15(18)2)27-24(28-23(19)29)26-13-16(3)30/h4-12,16,30H,13H2,1-3H3,(H,26,27,28). The van der Waals surface area contributed by atoms with Crippen molar-refractivity contribution in [2.45, 2.75) is 26.9 Å². The predicted molar refractivity (Wildman–Crippen MR) is 120 cm³/mol. The van der Waals surface area contributed by atoms with E-state index in [1.807, 2.05) is 38.1 Å². The van der Waals surface area contributed by atoms with Crippen molar-refractivity contribution >= 4 is 17.0 Å². The van der Waals surface area contributed by atoms with Gasteiger partial charge in [-0.1, -0.05) is 18.2 Å². The summed E-state index contributed by atoms with van der Waals surface area (Å²) in [6, 6.07) is 15.3. The Hall–Kier alpha value is -3.58. The van der Waals surface area contributed by atoms with E-state index < -0.39 is 6.10 Å². The summed E-state index contributed by atoms with van der Waals surface area (Å²) in [4.78, 5) is 22.2. The lowest BCUT2D eigenvalue weighted by Crippen LogP contribution is -2.21. The SMILES string of the molecule is Cc1cc(F)ccc1-c1nc(NCC(C)O)nc2c1ccc(=O)n2-c1ccccc1C. The number of aryl methyl sites for hydroxylation is 2. The Morgan fingerprint density at radius 1 is 1.06 bits per heavy atom. The molecule has 2 N–H and O–H groups in total. The third-order valence-corrected chi connectivity index (χ3v) is 5.11. The van der Waals surface area contributed by atoms with Crippen LogP contribution in [-0.2, 0) is 0 Å². The highest BCUT2D eigenvalue weighted by Gasteiger charge is 2.17. The molecule has 2 aromatic heterocycles. The van der Waals surface area contributed by atoms with Gasteiger partial charge in [0.1, 0.15) is 5.82 Å². The van der Waals surface area contributed by atoms with Gasteiger partial charge < -0.3 is 10.4 Å². The number of rotatable bonds is 5. The van der Waals surface area contributed by atoms with Crippen molar-refractivity contribution in [1.82, 2.24) is 14.5 Å². The number of halogens is 1. The van der Waals surface area contributed by atoms with Crippen molar-refractivity contribution in [3.05, 3.63) is 81.9 Å². The fourth-order valence-corrected chi connectivity index (χ4v) is 3.58. The number of anilines is 1. The van der Waals surface area contributed by atoms with Crippen LogP contribution in [0, 0.1) is 19.7 Å². The Balaban J connectivity index is 2.07. The Bertz CT molecular complexity index is 1330. The molecule has 0 radical (unpaired) electrons. The van der Waals surface area contributed by atoms with Crippen molar-refractivity contribution in [2.24, 2.45) is 0 Å². The number of aliphatic hydroxyl groups is 1. The van der Waals surface area contributed by atoms with Gasteiger partial charge in [-0.05, 0) is 62.2 Å². The van der Waals surface area contributed by atoms with Crippen LogP contribution in [0.15, 0.2) is 59.4 Å². The Kier molecular flexibility index (Phi) is 5.52. The van der Waals surface area contributed by atoms with Gasteiger partial charge in [0.2, 0.25) is 5.95 Å². The number of fused-ring (bicyclic) bond motifs is 1. The summed E-state index contributed by atoms with van der Waals surface area (Å²) in [5.74, 6) is -0.0519. The molecule has 2 heterocycles. The zero-order chi connectivity index (χ0) is 22.1. The number of hydrogen-bond donors (Lipinski definition) is 2. The van der Waals surface area contributed by atoms with E-state index in [9.17, 15) is 14.3 Å². The molecule has 4 rings (SSSR count). The molecule has 0 spiro atoms. The molecule has 6 nitrogen and oxygen atoms in total. The summed E-state index contributed by atoms with van der Waals surface area (Å²) in [5.41, 5.74) is 3.90. The summed E-state index contributed by atoms with van der Waals surface area (Å²) in [6.45, 7) is 5.64. The number of para-hydroxylation sites is 1. The van der Waals surface area contributed by atoms with Crippen molar-refractivity contribution in [3.63, 3.8) is 0 Å². The first-order chi connectivity index (χ1) is 14.8. The molecular weight excluding hydrogens is 395 g/mol. The molecule has 0 saturated heterocycles. The van der Waals surface area contributed by atoms with Crippen LogP contribution in [-0.4, -0.2) is 32.3 Å². The van der Waals surface area contributed by atoms with Gasteiger partial charge in [0, 0.05) is 23.6 Å². The minimum absolute atomic E-state index is 0.219. The molecule has 158 valence electrons. The summed E-state index contributed by atoms with van der Waals surface area (Å²) in [7, 11) is 0. The van der Waals surface area contributed by atoms with E-state index in [4.69, 9.17) is 0 Å². The average molecular weight is 418 g/mol. The second-order valence-electron chi connectivity index (χ2n) is 7.62. The van der Waals surface area contributed by atoms with E-state index in [-0.39, 0.29) is 23.9 Å². The van der Waals surface area contributed by atoms with Gasteiger partial charge >= 0.3 is 0 Å². The number of benzene rings is 2. The van der Waals surface area contributed by atoms with Crippen molar-refractivity contribution < 1.29 is 9.50 Å². The largest absolute Gasteiger partial charge is 0.392 e. The average Bonchev–Trinajstić information content (AvgIpc) is 2.72. The number of pyridine rings is 1. The van der Waals surface area contributed by atoms with Crippen LogP contribution >= 0.6 is 0 Å². The number of nitrogens with one attached hydrogen (secondary N) is 1. The van der Waals surface area contributed by atoms with Crippen molar-refractivity contribution in [2.75, 3.05) is 11.9 Å². The van der Waals surface area contributed by atoms with E-state index in [2.05, 4.69) is 15.3 Å². The normalized spacial score (nSPS) is 12.2. The topological polar surface area (TPSA) is 80.0 Å². The zero-order valence-corrected chi connectivity index (χ0v) is 17.6. The molecule has 1 atom stereocenters. The van der Waals surface area contributed by atoms with Crippen LogP contribution in [0.4, 0.5) is 10.3 Å². The molecule has 2 aromatic carbocycles. The lowest BCUT2D eigenvalue weighted by molar-refractivity contribution is 0.208. The van der Waals surface area contributed by atoms with Crippen molar-refractivity contribution in [3.8, 4) is 16.9 Å². The number of aliphatic hydroxyl groups excluding tert-OH is 1. The molecule has 0 saturated carbocycles. The van der Waals surface area contributed by atoms with Gasteiger partial charge in [0.15, 0.2) is 5.65 Å². The van der Waals surface area contributed by atoms with E-state index in [1.54, 1.807) is 23.6 Å². The molecular formula is C24H23FN4O2. The molecule has 0 amide bonds. The van der Waals surface area contributed by atoms with E-state index in [0.29, 0.717) is 16.7 Å². The number of aromatic nitrogens is 3. The highest BCUT2D eigenvalue weighted by molar-refractivity contribution is 5.93. The Morgan fingerprint density at radius 3 is 2.55 bits per heavy atom. The summed E-state index contributed by atoms with van der Waals surface area (Å²) < 4.78 is 15.3. The first-order valence-corrected chi connectivity index (χ1v) is 10.0. The first-order valence-electron chi connectivity index (χ1n) is 10.0. The maximum atomic E-state index is 13.7. The minimum atomic E-state index is -0.607. The molecule has 7 heteroatoms. The van der Waals surface area contributed by atoms with Gasteiger partial charge in [-0.15, -0.1) is 0 Å². The fourth-order valence-electron chi connectivity index (χ4n) is 3.58. The van der Waals surface area contributed by atoms with Crippen LogP contribution in [0.5, 0.6) is 0 Å². The van der Waals surface area contributed by atoms with Gasteiger partial charge in [-0.2, -0.15) is 4.98 Å². The van der Waals surface area contributed by atoms with Gasteiger partial charge in [-0.3, -0.25) is 9.36 Å². The highest BCUT2D eigenvalue weighted by atomic mass is 19.1. The quantitative estimate of drug-likeness (QED) is 0.512. The minimum Gasteiger partial charge on any atom is -0.392 e. The smallest absolute Gasteiger partial charge is 0.256 e. The lowest BCUT2D eigenvalue weighted by Gasteiger charge is -2.16. The molecule has 0 aliphatic carbocycles. The number of hydrogen-bond acceptors (Lipinski definition) is 5. The van der Waals surface area contributed by atoms with Crippen LogP contribution in [0.3, 0.4) is 0 Å². The third kappa shape index (κ3) is 4.04. The second kappa shape index (κ2) is 8.28.